The lowest BCUT2D eigenvalue weighted by Crippen LogP contribution is -1.85. The summed E-state index contributed by atoms with van der Waals surface area (Å²) in [5.41, 5.74) is 6.19. The van der Waals surface area contributed by atoms with E-state index in [-0.39, 0.29) is 5.82 Å². The molecule has 0 bridgehead atoms. The van der Waals surface area contributed by atoms with Crippen molar-refractivity contribution in [2.45, 2.75) is 11.8 Å². The van der Waals surface area contributed by atoms with Crippen LogP contribution in [0.25, 0.3) is 33.3 Å². The topological polar surface area (TPSA) is 39.6 Å². The van der Waals surface area contributed by atoms with Gasteiger partial charge in [-0.1, -0.05) is 12.1 Å². The number of aryl methyl sites for hydroxylation is 1. The Hall–Kier alpha value is -3.03. The molecule has 132 valence electrons. The lowest BCUT2D eigenvalue weighted by Gasteiger charge is -2.06. The number of aromatic amines is 1. The van der Waals surface area contributed by atoms with Gasteiger partial charge in [0.1, 0.15) is 5.82 Å². The second-order valence-corrected chi connectivity index (χ2v) is 7.35. The predicted octanol–water partition coefficient (Wildman–Crippen LogP) is 6.54. The summed E-state index contributed by atoms with van der Waals surface area (Å²) in [5, 5.41) is 10.1. The van der Waals surface area contributed by atoms with Crippen LogP contribution >= 0.6 is 11.8 Å². The van der Waals surface area contributed by atoms with Crippen LogP contribution < -0.4 is 0 Å². The van der Waals surface area contributed by atoms with Gasteiger partial charge in [-0.05, 0) is 78.4 Å². The number of nitrogens with one attached hydrogen (secondary N) is 1. The van der Waals surface area contributed by atoms with Crippen molar-refractivity contribution in [1.29, 1.82) is 5.26 Å². The molecule has 27 heavy (non-hydrogen) atoms. The molecule has 1 aromatic heterocycles. The third-order valence-electron chi connectivity index (χ3n) is 4.75. The van der Waals surface area contributed by atoms with Gasteiger partial charge < -0.3 is 4.98 Å². The molecule has 3 aromatic carbocycles. The maximum Gasteiger partial charge on any atom is 0.133 e. The van der Waals surface area contributed by atoms with E-state index in [2.05, 4.69) is 17.1 Å². The van der Waals surface area contributed by atoms with E-state index in [0.717, 1.165) is 38.2 Å². The van der Waals surface area contributed by atoms with E-state index in [1.807, 2.05) is 61.7 Å². The van der Waals surface area contributed by atoms with Crippen LogP contribution in [0.5, 0.6) is 0 Å². The first kappa shape index (κ1) is 17.4. The molecule has 0 aliphatic carbocycles. The molecule has 0 atom stereocenters. The number of hydrogen-bond acceptors (Lipinski definition) is 2. The van der Waals surface area contributed by atoms with Crippen molar-refractivity contribution in [3.8, 4) is 28.5 Å². The third kappa shape index (κ3) is 3.22. The van der Waals surface area contributed by atoms with Gasteiger partial charge in [-0.2, -0.15) is 5.26 Å². The smallest absolute Gasteiger partial charge is 0.133 e. The zero-order chi connectivity index (χ0) is 19.0. The lowest BCUT2D eigenvalue weighted by molar-refractivity contribution is 0.627. The molecule has 0 radical (unpaired) electrons. The molecule has 4 aromatic rings. The summed E-state index contributed by atoms with van der Waals surface area (Å²) in [7, 11) is 0. The molecule has 0 saturated carbocycles. The van der Waals surface area contributed by atoms with Crippen LogP contribution in [0.4, 0.5) is 4.39 Å². The van der Waals surface area contributed by atoms with Gasteiger partial charge in [-0.3, -0.25) is 0 Å². The van der Waals surface area contributed by atoms with E-state index in [0.29, 0.717) is 11.1 Å². The van der Waals surface area contributed by atoms with Gasteiger partial charge in [0.25, 0.3) is 0 Å². The molecule has 1 heterocycles. The molecule has 0 unspecified atom stereocenters. The molecular formula is C23H17FN2S. The molecule has 4 rings (SSSR count). The first-order chi connectivity index (χ1) is 13.1. The quantitative estimate of drug-likeness (QED) is 0.415. The van der Waals surface area contributed by atoms with E-state index >= 15 is 0 Å². The molecule has 0 amide bonds. The van der Waals surface area contributed by atoms with Crippen LogP contribution in [-0.2, 0) is 0 Å². The minimum Gasteiger partial charge on any atom is -0.354 e. The number of nitriles is 1. The minimum absolute atomic E-state index is 0.225. The number of H-pyrrole nitrogens is 1. The van der Waals surface area contributed by atoms with Crippen molar-refractivity contribution < 1.29 is 4.39 Å². The molecule has 0 saturated heterocycles. The Morgan fingerprint density at radius 1 is 0.963 bits per heavy atom. The number of thioether (sulfide) groups is 1. The second kappa shape index (κ2) is 6.94. The molecule has 0 fully saturated rings. The Morgan fingerprint density at radius 3 is 2.48 bits per heavy atom. The van der Waals surface area contributed by atoms with Crippen LogP contribution in [0.15, 0.2) is 65.6 Å². The molecule has 1 N–H and O–H groups in total. The molecular weight excluding hydrogens is 355 g/mol. The number of hydrogen-bond donors (Lipinski definition) is 1. The Kier molecular flexibility index (Phi) is 4.47. The average Bonchev–Trinajstić information content (AvgIpc) is 3.10. The SMILES string of the molecule is CSc1ccc(-c2cc3cc(-c4ccc(C#N)cc4C)ccc3[nH]2)c(F)c1. The van der Waals surface area contributed by atoms with Gasteiger partial charge in [-0.25, -0.2) is 4.39 Å². The maximum absolute atomic E-state index is 14.5. The zero-order valence-corrected chi connectivity index (χ0v) is 15.8. The van der Waals surface area contributed by atoms with Gasteiger partial charge in [-0.15, -0.1) is 11.8 Å². The standard InChI is InChI=1S/C23H17FN2S/c1-14-9-15(13-25)3-6-19(14)16-4-8-22-17(10-16)11-23(26-22)20-7-5-18(27-2)12-21(20)24/h3-12,26H,1-2H3. The van der Waals surface area contributed by atoms with Crippen molar-refractivity contribution in [2.24, 2.45) is 0 Å². The fourth-order valence-corrected chi connectivity index (χ4v) is 3.77. The largest absolute Gasteiger partial charge is 0.354 e. The predicted molar refractivity (Wildman–Crippen MR) is 110 cm³/mol. The van der Waals surface area contributed by atoms with Crippen LogP contribution in [0.1, 0.15) is 11.1 Å². The highest BCUT2D eigenvalue weighted by Crippen LogP contribution is 2.32. The number of aromatic nitrogens is 1. The van der Waals surface area contributed by atoms with E-state index in [1.54, 1.807) is 6.07 Å². The van der Waals surface area contributed by atoms with Crippen molar-refractivity contribution in [1.82, 2.24) is 4.98 Å². The number of nitrogens with zero attached hydrogens (tertiary/aromatic N) is 1. The van der Waals surface area contributed by atoms with E-state index in [9.17, 15) is 4.39 Å². The molecule has 2 nitrogen and oxygen atoms in total. The summed E-state index contributed by atoms with van der Waals surface area (Å²) in [6, 6.07) is 21.3. The molecule has 0 aliphatic rings. The van der Waals surface area contributed by atoms with Crippen LogP contribution in [-0.4, -0.2) is 11.2 Å². The highest BCUT2D eigenvalue weighted by molar-refractivity contribution is 7.98. The monoisotopic (exact) mass is 372 g/mol. The summed E-state index contributed by atoms with van der Waals surface area (Å²) in [4.78, 5) is 4.22. The fourth-order valence-electron chi connectivity index (χ4n) is 3.34. The summed E-state index contributed by atoms with van der Waals surface area (Å²) in [6.07, 6.45) is 1.93. The van der Waals surface area contributed by atoms with Gasteiger partial charge in [0.2, 0.25) is 0 Å². The summed E-state index contributed by atoms with van der Waals surface area (Å²) in [5.74, 6) is -0.225. The number of fused-ring (bicyclic) bond motifs is 1. The molecule has 0 spiro atoms. The van der Waals surface area contributed by atoms with Crippen LogP contribution in [0.3, 0.4) is 0 Å². The highest BCUT2D eigenvalue weighted by atomic mass is 32.2. The summed E-state index contributed by atoms with van der Waals surface area (Å²) < 4.78 is 14.5. The number of rotatable bonds is 3. The van der Waals surface area contributed by atoms with Gasteiger partial charge in [0.15, 0.2) is 0 Å². The van der Waals surface area contributed by atoms with Crippen molar-refractivity contribution >= 4 is 22.7 Å². The molecule has 0 aliphatic heterocycles. The third-order valence-corrected chi connectivity index (χ3v) is 5.48. The lowest BCUT2D eigenvalue weighted by atomic mass is 9.98. The fraction of sp³-hybridized carbons (Fsp3) is 0.0870. The zero-order valence-electron chi connectivity index (χ0n) is 15.0. The van der Waals surface area contributed by atoms with Gasteiger partial charge in [0.05, 0.1) is 11.6 Å². The van der Waals surface area contributed by atoms with Crippen molar-refractivity contribution in [3.05, 3.63) is 77.6 Å². The number of halogens is 1. The van der Waals surface area contributed by atoms with Crippen LogP contribution in [0, 0.1) is 24.1 Å². The van der Waals surface area contributed by atoms with E-state index < -0.39 is 0 Å². The summed E-state index contributed by atoms with van der Waals surface area (Å²) >= 11 is 1.53. The van der Waals surface area contributed by atoms with Crippen molar-refractivity contribution in [3.63, 3.8) is 0 Å². The minimum atomic E-state index is -0.225. The average molecular weight is 372 g/mol. The Morgan fingerprint density at radius 2 is 1.78 bits per heavy atom. The summed E-state index contributed by atoms with van der Waals surface area (Å²) in [6.45, 7) is 2.01. The number of benzene rings is 3. The normalized spacial score (nSPS) is 10.9. The van der Waals surface area contributed by atoms with Crippen molar-refractivity contribution in [2.75, 3.05) is 6.26 Å². The Balaban J connectivity index is 1.78. The highest BCUT2D eigenvalue weighted by Gasteiger charge is 2.11. The second-order valence-electron chi connectivity index (χ2n) is 6.47. The van der Waals surface area contributed by atoms with E-state index in [1.165, 1.54) is 11.8 Å². The van der Waals surface area contributed by atoms with Gasteiger partial charge in [0, 0.05) is 27.1 Å². The van der Waals surface area contributed by atoms with E-state index in [4.69, 9.17) is 5.26 Å². The Labute approximate surface area is 161 Å². The van der Waals surface area contributed by atoms with Gasteiger partial charge >= 0.3 is 0 Å². The first-order valence-corrected chi connectivity index (χ1v) is 9.79. The first-order valence-electron chi connectivity index (χ1n) is 8.57. The molecule has 4 heteroatoms. The maximum atomic E-state index is 14.5. The van der Waals surface area contributed by atoms with Crippen LogP contribution in [0.2, 0.25) is 0 Å². The Bertz CT molecular complexity index is 1200.